The predicted molar refractivity (Wildman–Crippen MR) is 189 cm³/mol. The molecule has 19 heteroatoms. The number of benzene rings is 2. The summed E-state index contributed by atoms with van der Waals surface area (Å²) in [7, 11) is 0. The number of carbonyl (C=O) groups excluding carboxylic acids is 3. The van der Waals surface area contributed by atoms with Gasteiger partial charge in [-0.3, -0.25) is 14.4 Å². The number of carbonyl (C=O) groups is 4. The standard InChI is InChI=1S/C37H37F3N4O11S/c1-23(56-28-18-51-35(52-19-28)6-4-3-5-26-8-7-25(17-41)15-30(26)39)37(20-44-22-42-21-43-44,29-10-9-27(38)16-31(29)40)55-36(49)54-24(2)53-34(48)12-11-33(47)50-14-13-32(45)46/h3-10,15-16,21-24,28,35H,11-14,18-20H2,1-2H3,(H,45,46)/b5-3+,6-4+/t23-,24?,28?,35?,37-/m1/s1. The van der Waals surface area contributed by atoms with Crippen LogP contribution in [0.3, 0.4) is 0 Å². The smallest absolute Gasteiger partial charge is 0.481 e. The fraction of sp³-hybridized carbons (Fsp3) is 0.378. The van der Waals surface area contributed by atoms with Crippen molar-refractivity contribution in [2.75, 3.05) is 19.8 Å². The first-order valence-corrected chi connectivity index (χ1v) is 17.9. The average Bonchev–Trinajstić information content (AvgIpc) is 3.66. The second-order valence-electron chi connectivity index (χ2n) is 12.0. The first kappa shape index (κ1) is 43.0. The van der Waals surface area contributed by atoms with Gasteiger partial charge in [-0.2, -0.15) is 10.4 Å². The van der Waals surface area contributed by atoms with E-state index in [9.17, 15) is 28.0 Å². The lowest BCUT2D eigenvalue weighted by Gasteiger charge is -2.40. The first-order valence-electron chi connectivity index (χ1n) is 17.0. The SMILES string of the molecule is CC(OC(=O)CCC(=O)OCCC(=O)O)OC(=O)O[C@@](Cn1cncn1)(c1ccc(F)cc1F)[C@@H](C)SC1COC(/C=C/C=C/c2ccc(C#N)cc2F)OC1. The average molecular weight is 803 g/mol. The highest BCUT2D eigenvalue weighted by Gasteiger charge is 2.47. The normalized spacial score (nSPS) is 17.7. The van der Waals surface area contributed by atoms with Crippen LogP contribution in [0, 0.1) is 28.8 Å². The Balaban J connectivity index is 1.44. The van der Waals surface area contributed by atoms with Crippen molar-refractivity contribution in [1.82, 2.24) is 14.8 Å². The summed E-state index contributed by atoms with van der Waals surface area (Å²) in [5.74, 6) is -5.44. The molecule has 1 aliphatic rings. The number of allylic oxidation sites excluding steroid dienone is 2. The van der Waals surface area contributed by atoms with Gasteiger partial charge in [0.15, 0.2) is 11.9 Å². The number of halogens is 3. The Kier molecular flexibility index (Phi) is 16.0. The molecule has 3 atom stereocenters. The Morgan fingerprint density at radius 3 is 2.45 bits per heavy atom. The summed E-state index contributed by atoms with van der Waals surface area (Å²) in [6.45, 7) is 2.39. The predicted octanol–water partition coefficient (Wildman–Crippen LogP) is 5.44. The molecule has 2 aromatic carbocycles. The highest BCUT2D eigenvalue weighted by Crippen LogP contribution is 2.42. The van der Waals surface area contributed by atoms with Gasteiger partial charge in [0.1, 0.15) is 36.7 Å². The van der Waals surface area contributed by atoms with Gasteiger partial charge < -0.3 is 33.5 Å². The highest BCUT2D eigenvalue weighted by atomic mass is 32.2. The van der Waals surface area contributed by atoms with Crippen LogP contribution in [0.4, 0.5) is 18.0 Å². The molecule has 0 spiro atoms. The molecule has 298 valence electrons. The molecule has 1 aromatic heterocycles. The largest absolute Gasteiger partial charge is 0.512 e. The molecule has 1 N–H and O–H groups in total. The Hall–Kier alpha value is -5.71. The van der Waals surface area contributed by atoms with Crippen LogP contribution in [0.25, 0.3) is 6.08 Å². The van der Waals surface area contributed by atoms with E-state index in [-0.39, 0.29) is 43.1 Å². The van der Waals surface area contributed by atoms with E-state index in [1.165, 1.54) is 54.2 Å². The third-order valence-electron chi connectivity index (χ3n) is 7.92. The number of rotatable bonds is 18. The first-order chi connectivity index (χ1) is 26.8. The molecule has 3 aromatic rings. The van der Waals surface area contributed by atoms with Crippen LogP contribution in [0.1, 0.15) is 49.8 Å². The summed E-state index contributed by atoms with van der Waals surface area (Å²) in [5.41, 5.74) is -1.71. The lowest BCUT2D eigenvalue weighted by Crippen LogP contribution is -2.47. The minimum absolute atomic E-state index is 0.133. The minimum Gasteiger partial charge on any atom is -0.481 e. The molecule has 1 unspecified atom stereocenters. The number of aromatic nitrogens is 3. The molecule has 56 heavy (non-hydrogen) atoms. The molecule has 0 aliphatic carbocycles. The van der Waals surface area contributed by atoms with Crippen LogP contribution < -0.4 is 0 Å². The molecule has 1 saturated heterocycles. The molecule has 0 radical (unpaired) electrons. The maximum absolute atomic E-state index is 15.7. The number of carboxylic acids is 1. The van der Waals surface area contributed by atoms with Gasteiger partial charge in [-0.1, -0.05) is 24.3 Å². The number of thioether (sulfide) groups is 1. The van der Waals surface area contributed by atoms with Crippen molar-refractivity contribution in [2.45, 2.75) is 68.3 Å². The molecular weight excluding hydrogens is 765 g/mol. The molecule has 0 bridgehead atoms. The Morgan fingerprint density at radius 1 is 1.04 bits per heavy atom. The van der Waals surface area contributed by atoms with Gasteiger partial charge in [0, 0.05) is 29.4 Å². The van der Waals surface area contributed by atoms with E-state index in [1.807, 2.05) is 6.07 Å². The van der Waals surface area contributed by atoms with Gasteiger partial charge in [0.2, 0.25) is 6.29 Å². The zero-order valence-corrected chi connectivity index (χ0v) is 30.9. The van der Waals surface area contributed by atoms with Crippen LogP contribution in [0.15, 0.2) is 67.3 Å². The van der Waals surface area contributed by atoms with Crippen LogP contribution in [0.2, 0.25) is 0 Å². The number of aliphatic carboxylic acids is 1. The number of carboxylic acid groups (broad SMARTS) is 1. The van der Waals surface area contributed by atoms with Gasteiger partial charge in [-0.15, -0.1) is 11.8 Å². The zero-order chi connectivity index (χ0) is 40.7. The van der Waals surface area contributed by atoms with Crippen molar-refractivity contribution in [1.29, 1.82) is 5.26 Å². The lowest BCUT2D eigenvalue weighted by molar-refractivity contribution is -0.173. The summed E-state index contributed by atoms with van der Waals surface area (Å²) in [6, 6.07) is 8.72. The third-order valence-corrected chi connectivity index (χ3v) is 9.36. The molecule has 15 nitrogen and oxygen atoms in total. The van der Waals surface area contributed by atoms with Crippen molar-refractivity contribution in [2.24, 2.45) is 0 Å². The summed E-state index contributed by atoms with van der Waals surface area (Å²) in [5, 5.41) is 20.4. The molecule has 0 saturated carbocycles. The molecule has 4 rings (SSSR count). The molecule has 1 aliphatic heterocycles. The van der Waals surface area contributed by atoms with E-state index in [0.29, 0.717) is 6.07 Å². The maximum Gasteiger partial charge on any atom is 0.512 e. The van der Waals surface area contributed by atoms with Gasteiger partial charge in [-0.25, -0.2) is 27.6 Å². The Morgan fingerprint density at radius 2 is 1.79 bits per heavy atom. The molecule has 2 heterocycles. The maximum atomic E-state index is 15.7. The zero-order valence-electron chi connectivity index (χ0n) is 30.0. The Labute approximate surface area is 323 Å². The third kappa shape index (κ3) is 13.0. The highest BCUT2D eigenvalue weighted by molar-refractivity contribution is 8.00. The lowest BCUT2D eigenvalue weighted by atomic mass is 9.89. The Bertz CT molecular complexity index is 1930. The number of nitriles is 1. The summed E-state index contributed by atoms with van der Waals surface area (Å²) in [4.78, 5) is 51.9. The van der Waals surface area contributed by atoms with Crippen molar-refractivity contribution in [3.8, 4) is 6.07 Å². The fourth-order valence-corrected chi connectivity index (χ4v) is 6.59. The summed E-state index contributed by atoms with van der Waals surface area (Å²) >= 11 is 1.21. The van der Waals surface area contributed by atoms with Gasteiger partial charge in [0.05, 0.1) is 55.9 Å². The van der Waals surface area contributed by atoms with Crippen LogP contribution in [-0.2, 0) is 55.0 Å². The number of hydrogen-bond donors (Lipinski definition) is 1. The van der Waals surface area contributed by atoms with E-state index in [2.05, 4.69) is 10.1 Å². The summed E-state index contributed by atoms with van der Waals surface area (Å²) in [6.07, 6.45) is 3.79. The van der Waals surface area contributed by atoms with Crippen molar-refractivity contribution in [3.05, 3.63) is 101 Å². The second kappa shape index (κ2) is 20.8. The number of nitrogens with zero attached hydrogens (tertiary/aromatic N) is 4. The van der Waals surface area contributed by atoms with E-state index >= 15 is 4.39 Å². The number of esters is 2. The van der Waals surface area contributed by atoms with E-state index in [0.717, 1.165) is 18.2 Å². The van der Waals surface area contributed by atoms with Crippen LogP contribution in [0.5, 0.6) is 0 Å². The second-order valence-corrected chi connectivity index (χ2v) is 13.7. The van der Waals surface area contributed by atoms with Crippen LogP contribution in [-0.4, -0.2) is 86.8 Å². The van der Waals surface area contributed by atoms with Crippen molar-refractivity contribution in [3.63, 3.8) is 0 Å². The monoisotopic (exact) mass is 802 g/mol. The van der Waals surface area contributed by atoms with Gasteiger partial charge in [0.25, 0.3) is 0 Å². The van der Waals surface area contributed by atoms with E-state index < -0.39 is 89.5 Å². The van der Waals surface area contributed by atoms with E-state index in [4.69, 9.17) is 38.8 Å². The summed E-state index contributed by atoms with van der Waals surface area (Å²) < 4.78 is 77.8. The molecule has 1 fully saturated rings. The quantitative estimate of drug-likeness (QED) is 0.0738. The number of hydrogen-bond acceptors (Lipinski definition) is 14. The minimum atomic E-state index is -1.96. The topological polar surface area (TPSA) is 198 Å². The van der Waals surface area contributed by atoms with Crippen molar-refractivity contribution < 1.29 is 65.9 Å². The van der Waals surface area contributed by atoms with Crippen molar-refractivity contribution >= 4 is 41.9 Å². The van der Waals surface area contributed by atoms with Crippen LogP contribution >= 0.6 is 11.8 Å². The fourth-order valence-electron chi connectivity index (χ4n) is 5.23. The van der Waals surface area contributed by atoms with E-state index in [1.54, 1.807) is 25.2 Å². The molecular formula is C37H37F3N4O11S. The number of ether oxygens (including phenoxy) is 6. The van der Waals surface area contributed by atoms with Gasteiger partial charge >= 0.3 is 24.1 Å². The van der Waals surface area contributed by atoms with Gasteiger partial charge in [-0.05, 0) is 37.3 Å². The molecule has 0 amide bonds.